The number of halogens is 3. The molecule has 0 radical (unpaired) electrons. The molecule has 1 saturated carbocycles. The van der Waals surface area contributed by atoms with Crippen LogP contribution in [-0.2, 0) is 0 Å². The molecule has 2 aliphatic rings. The Labute approximate surface area is 118 Å². The summed E-state index contributed by atoms with van der Waals surface area (Å²) in [6.07, 6.45) is 0. The van der Waals surface area contributed by atoms with Crippen molar-refractivity contribution in [1.29, 1.82) is 0 Å². The number of hydrogen-bond acceptors (Lipinski definition) is 0. The minimum absolute atomic E-state index is 0.00324. The molecule has 0 amide bonds. The van der Waals surface area contributed by atoms with Crippen molar-refractivity contribution in [2.45, 2.75) is 22.6 Å². The van der Waals surface area contributed by atoms with Crippen LogP contribution >= 0.6 is 15.9 Å². The summed E-state index contributed by atoms with van der Waals surface area (Å²) in [6, 6.07) is 15.1. The zero-order valence-corrected chi connectivity index (χ0v) is 11.6. The van der Waals surface area contributed by atoms with Gasteiger partial charge in [0.2, 0.25) is 0 Å². The summed E-state index contributed by atoms with van der Waals surface area (Å²) in [5.74, 6) is -3.93. The van der Waals surface area contributed by atoms with Gasteiger partial charge >= 0.3 is 0 Å². The lowest BCUT2D eigenvalue weighted by atomic mass is 9.97. The Morgan fingerprint density at radius 1 is 0.737 bits per heavy atom. The van der Waals surface area contributed by atoms with Crippen LogP contribution in [0.4, 0.5) is 8.78 Å². The fourth-order valence-electron chi connectivity index (χ4n) is 3.32. The van der Waals surface area contributed by atoms with Gasteiger partial charge in [-0.05, 0) is 22.3 Å². The highest BCUT2D eigenvalue weighted by Gasteiger charge is 2.70. The first kappa shape index (κ1) is 11.6. The number of alkyl halides is 3. The highest BCUT2D eigenvalue weighted by atomic mass is 79.9. The largest absolute Gasteiger partial charge is 0.263 e. The monoisotopic (exact) mass is 320 g/mol. The molecule has 4 rings (SSSR count). The van der Waals surface area contributed by atoms with E-state index in [1.165, 1.54) is 0 Å². The molecule has 0 saturated heterocycles. The Kier molecular flexibility index (Phi) is 2.23. The zero-order chi connectivity index (χ0) is 13.2. The molecule has 1 fully saturated rings. The molecule has 0 heterocycles. The Morgan fingerprint density at radius 3 is 1.53 bits per heavy atom. The minimum atomic E-state index is -2.61. The normalized spacial score (nSPS) is 29.7. The standard InChI is InChI=1S/C16H11BrF2/c17-15-11-7-3-1-5-9(11)13-14(16(13,18)19)10-6-2-4-8-12(10)15/h1-8,13-15H/t13-,14+,15-. The van der Waals surface area contributed by atoms with E-state index >= 15 is 0 Å². The second kappa shape index (κ2) is 3.66. The zero-order valence-electron chi connectivity index (χ0n) is 9.98. The molecule has 2 aromatic rings. The third-order valence-corrected chi connectivity index (χ3v) is 5.25. The Hall–Kier alpha value is -1.22. The van der Waals surface area contributed by atoms with Crippen LogP contribution in [-0.4, -0.2) is 5.92 Å². The summed E-state index contributed by atoms with van der Waals surface area (Å²) in [7, 11) is 0. The fraction of sp³-hybridized carbons (Fsp3) is 0.250. The molecule has 96 valence electrons. The predicted molar refractivity (Wildman–Crippen MR) is 74.1 cm³/mol. The molecule has 0 nitrogen and oxygen atoms in total. The third-order valence-electron chi connectivity index (χ3n) is 4.26. The SMILES string of the molecule is FC1(F)[C@@H]2c3ccccc3[C@@H](Br)c3ccccc3[C@@H]21. The molecule has 0 bridgehead atoms. The van der Waals surface area contributed by atoms with Crippen molar-refractivity contribution < 1.29 is 8.78 Å². The molecule has 0 aliphatic heterocycles. The molecule has 2 aromatic carbocycles. The molecule has 0 unspecified atom stereocenters. The van der Waals surface area contributed by atoms with Crippen LogP contribution in [0.1, 0.15) is 38.9 Å². The van der Waals surface area contributed by atoms with Crippen molar-refractivity contribution in [2.24, 2.45) is 0 Å². The first-order valence-electron chi connectivity index (χ1n) is 6.32. The maximum absolute atomic E-state index is 14.2. The van der Waals surface area contributed by atoms with E-state index in [4.69, 9.17) is 0 Å². The van der Waals surface area contributed by atoms with Crippen molar-refractivity contribution in [3.63, 3.8) is 0 Å². The molecule has 3 atom stereocenters. The van der Waals surface area contributed by atoms with Gasteiger partial charge in [0.05, 0.1) is 16.7 Å². The van der Waals surface area contributed by atoms with E-state index in [-0.39, 0.29) is 4.83 Å². The van der Waals surface area contributed by atoms with Gasteiger partial charge in [-0.1, -0.05) is 64.5 Å². The van der Waals surface area contributed by atoms with Crippen LogP contribution in [0.2, 0.25) is 0 Å². The van der Waals surface area contributed by atoms with Crippen molar-refractivity contribution in [3.05, 3.63) is 70.8 Å². The van der Waals surface area contributed by atoms with Gasteiger partial charge in [0.25, 0.3) is 5.92 Å². The van der Waals surface area contributed by atoms with Crippen LogP contribution in [0.5, 0.6) is 0 Å². The van der Waals surface area contributed by atoms with Gasteiger partial charge in [-0.15, -0.1) is 0 Å². The number of benzene rings is 2. The van der Waals surface area contributed by atoms with E-state index in [1.807, 2.05) is 48.5 Å². The van der Waals surface area contributed by atoms with Gasteiger partial charge in [-0.3, -0.25) is 0 Å². The molecule has 3 heteroatoms. The molecular weight excluding hydrogens is 310 g/mol. The maximum Gasteiger partial charge on any atom is 0.263 e. The third kappa shape index (κ3) is 1.42. The summed E-state index contributed by atoms with van der Waals surface area (Å²) < 4.78 is 28.3. The summed E-state index contributed by atoms with van der Waals surface area (Å²) in [6.45, 7) is 0. The van der Waals surface area contributed by atoms with E-state index in [0.29, 0.717) is 0 Å². The van der Waals surface area contributed by atoms with Crippen molar-refractivity contribution >= 4 is 15.9 Å². The lowest BCUT2D eigenvalue weighted by Gasteiger charge is -2.16. The van der Waals surface area contributed by atoms with Gasteiger partial charge in [-0.25, -0.2) is 8.78 Å². The molecule has 0 N–H and O–H groups in total. The van der Waals surface area contributed by atoms with Crippen molar-refractivity contribution in [1.82, 2.24) is 0 Å². The van der Waals surface area contributed by atoms with E-state index in [0.717, 1.165) is 22.3 Å². The second-order valence-electron chi connectivity index (χ2n) is 5.25. The van der Waals surface area contributed by atoms with Crippen molar-refractivity contribution in [2.75, 3.05) is 0 Å². The van der Waals surface area contributed by atoms with Gasteiger partial charge in [0.1, 0.15) is 0 Å². The topological polar surface area (TPSA) is 0 Å². The highest BCUT2D eigenvalue weighted by molar-refractivity contribution is 9.09. The first-order valence-corrected chi connectivity index (χ1v) is 7.23. The number of hydrogen-bond donors (Lipinski definition) is 0. The summed E-state index contributed by atoms with van der Waals surface area (Å²) in [5.41, 5.74) is 3.52. The summed E-state index contributed by atoms with van der Waals surface area (Å²) in [4.78, 5) is 0.00324. The molecular formula is C16H11BrF2. The van der Waals surface area contributed by atoms with Gasteiger partial charge in [-0.2, -0.15) is 0 Å². The van der Waals surface area contributed by atoms with E-state index in [1.54, 1.807) is 0 Å². The highest BCUT2D eigenvalue weighted by Crippen LogP contribution is 2.70. The Bertz CT molecular complexity index is 610. The first-order chi connectivity index (χ1) is 9.12. The predicted octanol–water partition coefficient (Wildman–Crippen LogP) is 5.00. The van der Waals surface area contributed by atoms with Crippen LogP contribution in [0.25, 0.3) is 0 Å². The van der Waals surface area contributed by atoms with Crippen LogP contribution in [0.3, 0.4) is 0 Å². The molecule has 0 aromatic heterocycles. The summed E-state index contributed by atoms with van der Waals surface area (Å²) in [5, 5.41) is 0. The maximum atomic E-state index is 14.2. The fourth-order valence-corrected chi connectivity index (χ4v) is 4.15. The number of fused-ring (bicyclic) bond motifs is 5. The van der Waals surface area contributed by atoms with Crippen LogP contribution in [0, 0.1) is 0 Å². The average molecular weight is 321 g/mol. The van der Waals surface area contributed by atoms with Gasteiger partial charge in [0, 0.05) is 0 Å². The number of rotatable bonds is 0. The Balaban J connectivity index is 2.02. The van der Waals surface area contributed by atoms with E-state index in [2.05, 4.69) is 15.9 Å². The van der Waals surface area contributed by atoms with Crippen LogP contribution in [0.15, 0.2) is 48.5 Å². The summed E-state index contributed by atoms with van der Waals surface area (Å²) >= 11 is 3.68. The van der Waals surface area contributed by atoms with Crippen molar-refractivity contribution in [3.8, 4) is 0 Å². The van der Waals surface area contributed by atoms with Gasteiger partial charge in [0.15, 0.2) is 0 Å². The minimum Gasteiger partial charge on any atom is -0.205 e. The lowest BCUT2D eigenvalue weighted by molar-refractivity contribution is 0.104. The molecule has 19 heavy (non-hydrogen) atoms. The lowest BCUT2D eigenvalue weighted by Crippen LogP contribution is -2.04. The molecule has 0 spiro atoms. The van der Waals surface area contributed by atoms with Crippen LogP contribution < -0.4 is 0 Å². The second-order valence-corrected chi connectivity index (χ2v) is 6.17. The smallest absolute Gasteiger partial charge is 0.205 e. The quantitative estimate of drug-likeness (QED) is 0.599. The Morgan fingerprint density at radius 2 is 1.11 bits per heavy atom. The van der Waals surface area contributed by atoms with Gasteiger partial charge < -0.3 is 0 Å². The van der Waals surface area contributed by atoms with E-state index < -0.39 is 17.8 Å². The molecule has 2 aliphatic carbocycles. The average Bonchev–Trinajstić information content (AvgIpc) is 3.02. The van der Waals surface area contributed by atoms with E-state index in [9.17, 15) is 8.78 Å².